The third kappa shape index (κ3) is 5.44. The highest BCUT2D eigenvalue weighted by molar-refractivity contribution is 6.30. The first-order chi connectivity index (χ1) is 12.6. The van der Waals surface area contributed by atoms with Gasteiger partial charge in [-0.05, 0) is 48.4 Å². The summed E-state index contributed by atoms with van der Waals surface area (Å²) < 4.78 is 13.1. The highest BCUT2D eigenvalue weighted by atomic mass is 35.5. The molecule has 0 bridgehead atoms. The number of nitrogens with zero attached hydrogens (tertiary/aromatic N) is 2. The molecule has 1 N–H and O–H groups in total. The van der Waals surface area contributed by atoms with Crippen molar-refractivity contribution < 1.29 is 9.18 Å². The van der Waals surface area contributed by atoms with Crippen molar-refractivity contribution in [2.24, 2.45) is 0 Å². The number of benzene rings is 2. The van der Waals surface area contributed by atoms with E-state index < -0.39 is 0 Å². The number of hydrogen-bond acceptors (Lipinski definition) is 3. The summed E-state index contributed by atoms with van der Waals surface area (Å²) in [6.45, 7) is 4.29. The lowest BCUT2D eigenvalue weighted by molar-refractivity contribution is -0.122. The number of anilines is 1. The standard InChI is InChI=1S/C20H23ClFN3O/c21-17-4-1-3-16(13-17)14-23-20(26)15-24-9-2-10-25(12-11-24)19-7-5-18(22)6-8-19/h1,3-8,13H,2,9-12,14-15H2,(H,23,26). The number of carbonyl (C=O) groups excluding carboxylic acids is 1. The lowest BCUT2D eigenvalue weighted by atomic mass is 10.2. The molecule has 138 valence electrons. The highest BCUT2D eigenvalue weighted by Gasteiger charge is 2.17. The number of amides is 1. The van der Waals surface area contributed by atoms with Crippen LogP contribution in [0.25, 0.3) is 0 Å². The van der Waals surface area contributed by atoms with Crippen molar-refractivity contribution in [1.82, 2.24) is 10.2 Å². The average Bonchev–Trinajstić information content (AvgIpc) is 2.86. The van der Waals surface area contributed by atoms with Gasteiger partial charge >= 0.3 is 0 Å². The molecule has 1 amide bonds. The van der Waals surface area contributed by atoms with Gasteiger partial charge in [-0.2, -0.15) is 0 Å². The fourth-order valence-electron chi connectivity index (χ4n) is 3.15. The minimum atomic E-state index is -0.221. The summed E-state index contributed by atoms with van der Waals surface area (Å²) in [7, 11) is 0. The topological polar surface area (TPSA) is 35.6 Å². The zero-order valence-corrected chi connectivity index (χ0v) is 15.4. The number of nitrogens with one attached hydrogen (secondary N) is 1. The minimum absolute atomic E-state index is 0.0141. The normalized spacial score (nSPS) is 15.5. The second kappa shape index (κ2) is 9.01. The molecule has 0 atom stereocenters. The molecule has 1 aliphatic rings. The van der Waals surface area contributed by atoms with Gasteiger partial charge < -0.3 is 10.2 Å². The fraction of sp³-hybridized carbons (Fsp3) is 0.350. The summed E-state index contributed by atoms with van der Waals surface area (Å²) >= 11 is 5.96. The second-order valence-electron chi connectivity index (χ2n) is 6.50. The van der Waals surface area contributed by atoms with Crippen LogP contribution in [0.1, 0.15) is 12.0 Å². The first kappa shape index (κ1) is 18.7. The molecule has 0 unspecified atom stereocenters. The number of carbonyl (C=O) groups is 1. The zero-order chi connectivity index (χ0) is 18.4. The van der Waals surface area contributed by atoms with E-state index in [1.54, 1.807) is 0 Å². The average molecular weight is 376 g/mol. The predicted molar refractivity (Wildman–Crippen MR) is 103 cm³/mol. The van der Waals surface area contributed by atoms with Crippen LogP contribution in [0, 0.1) is 5.82 Å². The Bertz CT molecular complexity index is 738. The van der Waals surface area contributed by atoms with Gasteiger partial charge in [-0.25, -0.2) is 4.39 Å². The summed E-state index contributed by atoms with van der Waals surface area (Å²) in [6.07, 6.45) is 0.971. The molecule has 1 saturated heterocycles. The van der Waals surface area contributed by atoms with E-state index in [0.29, 0.717) is 18.1 Å². The summed E-state index contributed by atoms with van der Waals surface area (Å²) in [5.74, 6) is -0.207. The third-order valence-corrected chi connectivity index (χ3v) is 4.76. The van der Waals surface area contributed by atoms with Gasteiger partial charge in [0.15, 0.2) is 0 Å². The van der Waals surface area contributed by atoms with E-state index in [2.05, 4.69) is 15.1 Å². The fourth-order valence-corrected chi connectivity index (χ4v) is 3.36. The maximum atomic E-state index is 13.1. The van der Waals surface area contributed by atoms with Gasteiger partial charge in [-0.1, -0.05) is 23.7 Å². The molecule has 4 nitrogen and oxygen atoms in total. The van der Waals surface area contributed by atoms with Crippen LogP contribution in [-0.2, 0) is 11.3 Å². The minimum Gasteiger partial charge on any atom is -0.370 e. The Kier molecular flexibility index (Phi) is 6.47. The molecule has 3 rings (SSSR count). The largest absolute Gasteiger partial charge is 0.370 e. The summed E-state index contributed by atoms with van der Waals surface area (Å²) in [6, 6.07) is 14.1. The Morgan fingerprint density at radius 3 is 2.65 bits per heavy atom. The van der Waals surface area contributed by atoms with Crippen molar-refractivity contribution in [3.8, 4) is 0 Å². The molecule has 1 fully saturated rings. The predicted octanol–water partition coefficient (Wildman–Crippen LogP) is 3.31. The van der Waals surface area contributed by atoms with E-state index in [1.165, 1.54) is 12.1 Å². The van der Waals surface area contributed by atoms with Crippen molar-refractivity contribution in [2.45, 2.75) is 13.0 Å². The maximum absolute atomic E-state index is 13.1. The van der Waals surface area contributed by atoms with Crippen LogP contribution in [0.15, 0.2) is 48.5 Å². The number of rotatable bonds is 5. The van der Waals surface area contributed by atoms with E-state index in [1.807, 2.05) is 36.4 Å². The quantitative estimate of drug-likeness (QED) is 0.870. The summed E-state index contributed by atoms with van der Waals surface area (Å²) in [5.41, 5.74) is 2.02. The van der Waals surface area contributed by atoms with Crippen LogP contribution in [0.2, 0.25) is 5.02 Å². The van der Waals surface area contributed by atoms with Crippen molar-refractivity contribution in [3.05, 3.63) is 64.9 Å². The van der Waals surface area contributed by atoms with Gasteiger partial charge in [0.25, 0.3) is 0 Å². The Hall–Kier alpha value is -2.11. The lowest BCUT2D eigenvalue weighted by Crippen LogP contribution is -2.39. The molecule has 1 heterocycles. The molecular weight excluding hydrogens is 353 g/mol. The molecule has 0 spiro atoms. The monoisotopic (exact) mass is 375 g/mol. The van der Waals surface area contributed by atoms with E-state index in [-0.39, 0.29) is 11.7 Å². The lowest BCUT2D eigenvalue weighted by Gasteiger charge is -2.23. The van der Waals surface area contributed by atoms with E-state index in [4.69, 9.17) is 11.6 Å². The first-order valence-corrected chi connectivity index (χ1v) is 9.22. The molecule has 2 aromatic rings. The molecular formula is C20H23ClFN3O. The molecule has 26 heavy (non-hydrogen) atoms. The van der Waals surface area contributed by atoms with Crippen LogP contribution in [0.5, 0.6) is 0 Å². The Balaban J connectivity index is 1.46. The highest BCUT2D eigenvalue weighted by Crippen LogP contribution is 2.17. The van der Waals surface area contributed by atoms with Gasteiger partial charge in [-0.3, -0.25) is 9.69 Å². The van der Waals surface area contributed by atoms with Crippen LogP contribution in [0.3, 0.4) is 0 Å². The smallest absolute Gasteiger partial charge is 0.234 e. The van der Waals surface area contributed by atoms with E-state index in [9.17, 15) is 9.18 Å². The van der Waals surface area contributed by atoms with Crippen molar-refractivity contribution in [2.75, 3.05) is 37.6 Å². The van der Waals surface area contributed by atoms with Gasteiger partial charge in [-0.15, -0.1) is 0 Å². The SMILES string of the molecule is O=C(CN1CCCN(c2ccc(F)cc2)CC1)NCc1cccc(Cl)c1. The Labute approximate surface area is 158 Å². The summed E-state index contributed by atoms with van der Waals surface area (Å²) in [4.78, 5) is 16.6. The van der Waals surface area contributed by atoms with Gasteiger partial charge in [0, 0.05) is 43.4 Å². The molecule has 0 radical (unpaired) electrons. The van der Waals surface area contributed by atoms with Gasteiger partial charge in [0.05, 0.1) is 6.54 Å². The Morgan fingerprint density at radius 2 is 1.88 bits per heavy atom. The van der Waals surface area contributed by atoms with Crippen LogP contribution in [0.4, 0.5) is 10.1 Å². The Morgan fingerprint density at radius 1 is 1.08 bits per heavy atom. The third-order valence-electron chi connectivity index (χ3n) is 4.53. The molecule has 0 aromatic heterocycles. The van der Waals surface area contributed by atoms with Crippen molar-refractivity contribution in [3.63, 3.8) is 0 Å². The maximum Gasteiger partial charge on any atom is 0.234 e. The first-order valence-electron chi connectivity index (χ1n) is 8.84. The van der Waals surface area contributed by atoms with Gasteiger partial charge in [0.1, 0.15) is 5.82 Å². The van der Waals surface area contributed by atoms with Crippen molar-refractivity contribution in [1.29, 1.82) is 0 Å². The number of hydrogen-bond donors (Lipinski definition) is 1. The molecule has 0 saturated carbocycles. The van der Waals surface area contributed by atoms with E-state index in [0.717, 1.165) is 43.9 Å². The zero-order valence-electron chi connectivity index (χ0n) is 14.6. The molecule has 6 heteroatoms. The summed E-state index contributed by atoms with van der Waals surface area (Å²) in [5, 5.41) is 3.62. The van der Waals surface area contributed by atoms with E-state index >= 15 is 0 Å². The molecule has 2 aromatic carbocycles. The number of halogens is 2. The molecule has 0 aliphatic carbocycles. The van der Waals surface area contributed by atoms with Crippen LogP contribution in [-0.4, -0.2) is 43.5 Å². The van der Waals surface area contributed by atoms with Crippen molar-refractivity contribution >= 4 is 23.2 Å². The van der Waals surface area contributed by atoms with Crippen LogP contribution >= 0.6 is 11.6 Å². The second-order valence-corrected chi connectivity index (χ2v) is 6.94. The van der Waals surface area contributed by atoms with Gasteiger partial charge in [0.2, 0.25) is 5.91 Å². The molecule has 1 aliphatic heterocycles. The van der Waals surface area contributed by atoms with Crippen LogP contribution < -0.4 is 10.2 Å².